The summed E-state index contributed by atoms with van der Waals surface area (Å²) >= 11 is 0. The molecule has 0 saturated heterocycles. The van der Waals surface area contributed by atoms with E-state index < -0.39 is 39.6 Å². The fraction of sp³-hybridized carbons (Fsp3) is 0.462. The van der Waals surface area contributed by atoms with Gasteiger partial charge < -0.3 is 9.84 Å². The first kappa shape index (κ1) is 16.6. The first-order valence-electron chi connectivity index (χ1n) is 6.23. The van der Waals surface area contributed by atoms with E-state index in [9.17, 15) is 26.4 Å². The number of rotatable bonds is 5. The summed E-state index contributed by atoms with van der Waals surface area (Å²) in [6.45, 7) is -0.686. The Morgan fingerprint density at radius 3 is 2.36 bits per heavy atom. The van der Waals surface area contributed by atoms with Gasteiger partial charge in [-0.3, -0.25) is 0 Å². The van der Waals surface area contributed by atoms with Crippen molar-refractivity contribution < 1.29 is 36.2 Å². The first-order valence-corrected chi connectivity index (χ1v) is 8.12. The number of aromatic carboxylic acids is 1. The summed E-state index contributed by atoms with van der Waals surface area (Å²) in [7, 11) is -3.63. The number of alkyl halides is 3. The zero-order valence-corrected chi connectivity index (χ0v) is 12.3. The van der Waals surface area contributed by atoms with Crippen molar-refractivity contribution >= 4 is 15.8 Å². The number of hydrogen-bond acceptors (Lipinski definition) is 4. The van der Waals surface area contributed by atoms with E-state index >= 15 is 0 Å². The Balaban J connectivity index is 2.27. The lowest BCUT2D eigenvalue weighted by atomic mass is 10.1. The average Bonchev–Trinajstić information content (AvgIpc) is 3.15. The molecule has 1 aromatic carbocycles. The molecule has 0 aromatic heterocycles. The number of ether oxygens (including phenoxy) is 1. The Morgan fingerprint density at radius 1 is 1.36 bits per heavy atom. The highest BCUT2D eigenvalue weighted by molar-refractivity contribution is 7.90. The maximum atomic E-state index is 12.8. The van der Waals surface area contributed by atoms with Crippen LogP contribution in [0.15, 0.2) is 23.1 Å². The maximum Gasteiger partial charge on any atom is 0.397 e. The van der Waals surface area contributed by atoms with Gasteiger partial charge >= 0.3 is 12.1 Å². The molecule has 1 aliphatic carbocycles. The van der Waals surface area contributed by atoms with Crippen LogP contribution < -0.4 is 4.74 Å². The predicted octanol–water partition coefficient (Wildman–Crippen LogP) is 2.51. The molecule has 2 rings (SSSR count). The quantitative estimate of drug-likeness (QED) is 0.892. The van der Waals surface area contributed by atoms with E-state index in [0.717, 1.165) is 24.5 Å². The van der Waals surface area contributed by atoms with Crippen LogP contribution in [0.1, 0.15) is 23.2 Å². The molecule has 0 radical (unpaired) electrons. The number of halogens is 3. The molecular weight excluding hydrogens is 325 g/mol. The molecule has 0 unspecified atom stereocenters. The van der Waals surface area contributed by atoms with Gasteiger partial charge in [-0.1, -0.05) is 0 Å². The third-order valence-corrected chi connectivity index (χ3v) is 4.68. The highest BCUT2D eigenvalue weighted by Gasteiger charge is 2.63. The number of carbonyl (C=O) groups is 1. The van der Waals surface area contributed by atoms with Gasteiger partial charge in [-0.05, 0) is 31.0 Å². The maximum absolute atomic E-state index is 12.8. The van der Waals surface area contributed by atoms with Gasteiger partial charge in [-0.2, -0.15) is 13.2 Å². The summed E-state index contributed by atoms with van der Waals surface area (Å²) in [4.78, 5) is 10.9. The lowest BCUT2D eigenvalue weighted by Gasteiger charge is -2.20. The third-order valence-electron chi connectivity index (χ3n) is 3.57. The summed E-state index contributed by atoms with van der Waals surface area (Å²) in [6, 6.07) is 3.04. The SMILES string of the molecule is CS(=O)(=O)c1ccc(OCC2(C(F)(F)F)CC2)c(C(=O)O)c1. The second-order valence-electron chi connectivity index (χ2n) is 5.30. The van der Waals surface area contributed by atoms with Gasteiger partial charge in [0.05, 0.1) is 4.90 Å². The number of carboxylic acid groups (broad SMARTS) is 1. The number of benzene rings is 1. The summed E-state index contributed by atoms with van der Waals surface area (Å²) in [6.07, 6.45) is -3.65. The van der Waals surface area contributed by atoms with Gasteiger partial charge in [-0.15, -0.1) is 0 Å². The van der Waals surface area contributed by atoms with Crippen LogP contribution in [0.4, 0.5) is 13.2 Å². The van der Waals surface area contributed by atoms with Gasteiger partial charge in [0.1, 0.15) is 23.3 Å². The molecule has 0 atom stereocenters. The van der Waals surface area contributed by atoms with Crippen molar-refractivity contribution in [2.24, 2.45) is 5.41 Å². The molecule has 22 heavy (non-hydrogen) atoms. The second-order valence-corrected chi connectivity index (χ2v) is 7.32. The smallest absolute Gasteiger partial charge is 0.397 e. The minimum atomic E-state index is -4.41. The Bertz CT molecular complexity index is 705. The molecule has 5 nitrogen and oxygen atoms in total. The van der Waals surface area contributed by atoms with Crippen LogP contribution >= 0.6 is 0 Å². The monoisotopic (exact) mass is 338 g/mol. The van der Waals surface area contributed by atoms with Crippen LogP contribution in [-0.2, 0) is 9.84 Å². The van der Waals surface area contributed by atoms with Crippen LogP contribution in [0.25, 0.3) is 0 Å². The standard InChI is InChI=1S/C13H13F3O5S/c1-22(19,20)8-2-3-10(9(6-8)11(17)18)21-7-12(4-5-12)13(14,15)16/h2-3,6H,4-5,7H2,1H3,(H,17,18). The normalized spacial score (nSPS) is 17.1. The van der Waals surface area contributed by atoms with Gasteiger partial charge in [0, 0.05) is 6.26 Å². The van der Waals surface area contributed by atoms with Crippen molar-refractivity contribution in [1.82, 2.24) is 0 Å². The van der Waals surface area contributed by atoms with Gasteiger partial charge in [0.15, 0.2) is 9.84 Å². The van der Waals surface area contributed by atoms with E-state index in [-0.39, 0.29) is 23.5 Å². The second kappa shape index (κ2) is 5.15. The summed E-state index contributed by atoms with van der Waals surface area (Å²) in [5, 5.41) is 9.06. The van der Waals surface area contributed by atoms with Gasteiger partial charge in [0.25, 0.3) is 0 Å². The third kappa shape index (κ3) is 3.18. The molecule has 0 spiro atoms. The molecule has 0 bridgehead atoms. The van der Waals surface area contributed by atoms with Crippen LogP contribution in [-0.4, -0.2) is 38.5 Å². The lowest BCUT2D eigenvalue weighted by molar-refractivity contribution is -0.194. The molecular formula is C13H13F3O5S. The van der Waals surface area contributed by atoms with Crippen molar-refractivity contribution in [1.29, 1.82) is 0 Å². The molecule has 1 aromatic rings. The predicted molar refractivity (Wildman–Crippen MR) is 69.7 cm³/mol. The molecule has 0 heterocycles. The minimum absolute atomic E-state index is 0.0691. The van der Waals surface area contributed by atoms with Gasteiger partial charge in [0.2, 0.25) is 0 Å². The lowest BCUT2D eigenvalue weighted by Crippen LogP contribution is -2.30. The Hall–Kier alpha value is -1.77. The highest BCUT2D eigenvalue weighted by Crippen LogP contribution is 2.57. The number of carboxylic acids is 1. The largest absolute Gasteiger partial charge is 0.492 e. The average molecular weight is 338 g/mol. The van der Waals surface area contributed by atoms with Gasteiger partial charge in [-0.25, -0.2) is 13.2 Å². The highest BCUT2D eigenvalue weighted by atomic mass is 32.2. The molecule has 0 amide bonds. The van der Waals surface area contributed by atoms with E-state index in [2.05, 4.69) is 0 Å². The van der Waals surface area contributed by atoms with Crippen molar-refractivity contribution in [3.05, 3.63) is 23.8 Å². The van der Waals surface area contributed by atoms with Crippen LogP contribution in [0, 0.1) is 5.41 Å². The number of hydrogen-bond donors (Lipinski definition) is 1. The van der Waals surface area contributed by atoms with E-state index in [1.807, 2.05) is 0 Å². The fourth-order valence-corrected chi connectivity index (χ4v) is 2.56. The van der Waals surface area contributed by atoms with E-state index in [1.165, 1.54) is 0 Å². The summed E-state index contributed by atoms with van der Waals surface area (Å²) < 4.78 is 66.2. The zero-order valence-electron chi connectivity index (χ0n) is 11.5. The molecule has 1 saturated carbocycles. The van der Waals surface area contributed by atoms with E-state index in [4.69, 9.17) is 9.84 Å². The summed E-state index contributed by atoms with van der Waals surface area (Å²) in [5.41, 5.74) is -2.42. The Labute approximate surface area is 124 Å². The van der Waals surface area contributed by atoms with Crippen molar-refractivity contribution in [3.8, 4) is 5.75 Å². The van der Waals surface area contributed by atoms with E-state index in [0.29, 0.717) is 0 Å². The molecule has 9 heteroatoms. The van der Waals surface area contributed by atoms with Crippen LogP contribution in [0.3, 0.4) is 0 Å². The van der Waals surface area contributed by atoms with Crippen LogP contribution in [0.5, 0.6) is 5.75 Å². The topological polar surface area (TPSA) is 80.7 Å². The molecule has 1 fully saturated rings. The Kier molecular flexibility index (Phi) is 3.88. The molecule has 1 N–H and O–H groups in total. The fourth-order valence-electron chi connectivity index (χ4n) is 1.91. The first-order chi connectivity index (χ1) is 9.96. The van der Waals surface area contributed by atoms with Crippen molar-refractivity contribution in [2.45, 2.75) is 23.9 Å². The molecule has 0 aliphatic heterocycles. The molecule has 122 valence electrons. The Morgan fingerprint density at radius 2 is 1.95 bits per heavy atom. The van der Waals surface area contributed by atoms with Crippen molar-refractivity contribution in [3.63, 3.8) is 0 Å². The van der Waals surface area contributed by atoms with Crippen LogP contribution in [0.2, 0.25) is 0 Å². The summed E-state index contributed by atoms with van der Waals surface area (Å²) in [5.74, 6) is -1.76. The number of sulfone groups is 1. The molecule has 1 aliphatic rings. The van der Waals surface area contributed by atoms with Crippen molar-refractivity contribution in [2.75, 3.05) is 12.9 Å². The van der Waals surface area contributed by atoms with E-state index in [1.54, 1.807) is 0 Å². The minimum Gasteiger partial charge on any atom is -0.492 e. The zero-order chi connectivity index (χ0) is 16.8.